The first-order valence-electron chi connectivity index (χ1n) is 6.34. The van der Waals surface area contributed by atoms with Crippen molar-refractivity contribution in [3.05, 3.63) is 29.8 Å². The van der Waals surface area contributed by atoms with Gasteiger partial charge in [-0.25, -0.2) is 0 Å². The average molecular weight is 241 g/mol. The Bertz CT molecular complexity index is 495. The minimum Gasteiger partial charge on any atom is -0.375 e. The Morgan fingerprint density at radius 1 is 1.44 bits per heavy atom. The molecule has 0 aromatic heterocycles. The Morgan fingerprint density at radius 3 is 3.06 bits per heavy atom. The Morgan fingerprint density at radius 2 is 2.28 bits per heavy atom. The van der Waals surface area contributed by atoms with Gasteiger partial charge in [-0.05, 0) is 24.5 Å². The lowest BCUT2D eigenvalue weighted by atomic mass is 10.0. The Kier molecular flexibility index (Phi) is 2.67. The molecule has 1 fully saturated rings. The van der Waals surface area contributed by atoms with E-state index >= 15 is 0 Å². The van der Waals surface area contributed by atoms with Gasteiger partial charge in [-0.2, -0.15) is 5.26 Å². The first-order valence-corrected chi connectivity index (χ1v) is 6.34. The van der Waals surface area contributed by atoms with E-state index in [9.17, 15) is 4.79 Å². The number of ketones is 1. The van der Waals surface area contributed by atoms with Gasteiger partial charge in [-0.3, -0.25) is 4.79 Å². The van der Waals surface area contributed by atoms with E-state index in [1.165, 1.54) is 5.56 Å². The summed E-state index contributed by atoms with van der Waals surface area (Å²) in [7, 11) is 0. The van der Waals surface area contributed by atoms with E-state index in [1.807, 2.05) is 24.3 Å². The van der Waals surface area contributed by atoms with Gasteiger partial charge in [0.05, 0.1) is 12.1 Å². The summed E-state index contributed by atoms with van der Waals surface area (Å²) in [6.45, 7) is 0.715. The van der Waals surface area contributed by atoms with Crippen molar-refractivity contribution in [1.82, 2.24) is 4.90 Å². The minimum atomic E-state index is -0.221. The number of hydrogen-bond donors (Lipinski definition) is 1. The molecule has 3 rings (SSSR count). The SMILES string of the molecule is N#CN1CCCC1C(=O)C1Cc2ccccc2N1. The first-order chi connectivity index (χ1) is 8.79. The standard InChI is InChI=1S/C14H15N3O/c15-9-17-7-3-6-13(17)14(18)12-8-10-4-1-2-5-11(10)16-12/h1-2,4-5,12-13,16H,3,6-8H2. The Balaban J connectivity index is 1.75. The molecule has 1 aromatic carbocycles. The van der Waals surface area contributed by atoms with Gasteiger partial charge in [-0.1, -0.05) is 18.2 Å². The van der Waals surface area contributed by atoms with Crippen LogP contribution in [0, 0.1) is 11.5 Å². The number of rotatable bonds is 2. The first kappa shape index (κ1) is 11.1. The summed E-state index contributed by atoms with van der Waals surface area (Å²) < 4.78 is 0. The van der Waals surface area contributed by atoms with Crippen LogP contribution in [-0.2, 0) is 11.2 Å². The van der Waals surface area contributed by atoms with Gasteiger partial charge in [0.25, 0.3) is 0 Å². The molecule has 0 radical (unpaired) electrons. The van der Waals surface area contributed by atoms with Crippen LogP contribution >= 0.6 is 0 Å². The average Bonchev–Trinajstić information content (AvgIpc) is 3.03. The van der Waals surface area contributed by atoms with Crippen LogP contribution in [0.15, 0.2) is 24.3 Å². The number of benzene rings is 1. The number of fused-ring (bicyclic) bond motifs is 1. The molecule has 1 saturated heterocycles. The summed E-state index contributed by atoms with van der Waals surface area (Å²) in [6, 6.07) is 7.62. The van der Waals surface area contributed by atoms with Gasteiger partial charge < -0.3 is 10.2 Å². The van der Waals surface area contributed by atoms with E-state index in [2.05, 4.69) is 11.5 Å². The lowest BCUT2D eigenvalue weighted by Crippen LogP contribution is -2.42. The van der Waals surface area contributed by atoms with Crippen molar-refractivity contribution in [2.45, 2.75) is 31.3 Å². The highest BCUT2D eigenvalue weighted by atomic mass is 16.1. The monoisotopic (exact) mass is 241 g/mol. The van der Waals surface area contributed by atoms with Gasteiger partial charge in [-0.15, -0.1) is 0 Å². The van der Waals surface area contributed by atoms with E-state index in [0.717, 1.165) is 24.9 Å². The number of nitriles is 1. The van der Waals surface area contributed by atoms with Crippen LogP contribution in [0.2, 0.25) is 0 Å². The Labute approximate surface area is 106 Å². The van der Waals surface area contributed by atoms with Crippen LogP contribution < -0.4 is 5.32 Å². The molecule has 2 unspecified atom stereocenters. The van der Waals surface area contributed by atoms with E-state index in [0.29, 0.717) is 6.54 Å². The molecule has 0 amide bonds. The second-order valence-electron chi connectivity index (χ2n) is 4.91. The highest BCUT2D eigenvalue weighted by Gasteiger charge is 2.36. The molecular weight excluding hydrogens is 226 g/mol. The third-order valence-electron chi connectivity index (χ3n) is 3.82. The summed E-state index contributed by atoms with van der Waals surface area (Å²) in [5, 5.41) is 12.3. The van der Waals surface area contributed by atoms with Crippen molar-refractivity contribution in [2.75, 3.05) is 11.9 Å². The minimum absolute atomic E-state index is 0.158. The van der Waals surface area contributed by atoms with Gasteiger partial charge in [0.15, 0.2) is 12.0 Å². The molecule has 92 valence electrons. The quantitative estimate of drug-likeness (QED) is 0.798. The number of Topliss-reactive ketones (excluding diaryl/α,β-unsaturated/α-hetero) is 1. The molecule has 2 atom stereocenters. The molecule has 0 bridgehead atoms. The maximum absolute atomic E-state index is 12.4. The zero-order chi connectivity index (χ0) is 12.5. The molecular formula is C14H15N3O. The molecule has 2 aliphatic rings. The van der Waals surface area contributed by atoms with Crippen LogP contribution in [0.4, 0.5) is 5.69 Å². The number of anilines is 1. The number of carbonyl (C=O) groups excluding carboxylic acids is 1. The van der Waals surface area contributed by atoms with Crippen LogP contribution in [-0.4, -0.2) is 29.3 Å². The second-order valence-corrected chi connectivity index (χ2v) is 4.91. The number of likely N-dealkylation sites (tertiary alicyclic amines) is 1. The second kappa shape index (κ2) is 4.34. The maximum Gasteiger partial charge on any atom is 0.180 e. The largest absolute Gasteiger partial charge is 0.375 e. The van der Waals surface area contributed by atoms with Gasteiger partial charge in [0, 0.05) is 18.7 Å². The number of nitrogens with one attached hydrogen (secondary N) is 1. The zero-order valence-corrected chi connectivity index (χ0v) is 10.1. The fourth-order valence-corrected chi connectivity index (χ4v) is 2.88. The number of nitrogens with zero attached hydrogens (tertiary/aromatic N) is 2. The molecule has 0 saturated carbocycles. The van der Waals surface area contributed by atoms with Crippen molar-refractivity contribution in [1.29, 1.82) is 5.26 Å². The summed E-state index contributed by atoms with van der Waals surface area (Å²) in [6.07, 6.45) is 4.61. The highest BCUT2D eigenvalue weighted by molar-refractivity contribution is 5.93. The molecule has 2 aliphatic heterocycles. The molecule has 1 N–H and O–H groups in total. The van der Waals surface area contributed by atoms with Crippen LogP contribution in [0.1, 0.15) is 18.4 Å². The fraction of sp³-hybridized carbons (Fsp3) is 0.429. The number of carbonyl (C=O) groups is 1. The molecule has 0 aliphatic carbocycles. The molecule has 0 spiro atoms. The summed E-state index contributed by atoms with van der Waals surface area (Å²) >= 11 is 0. The third-order valence-corrected chi connectivity index (χ3v) is 3.82. The van der Waals surface area contributed by atoms with Crippen molar-refractivity contribution in [3.8, 4) is 6.19 Å². The van der Waals surface area contributed by atoms with Crippen molar-refractivity contribution >= 4 is 11.5 Å². The van der Waals surface area contributed by atoms with Crippen molar-refractivity contribution < 1.29 is 4.79 Å². The van der Waals surface area contributed by atoms with Gasteiger partial charge in [0.2, 0.25) is 0 Å². The highest BCUT2D eigenvalue weighted by Crippen LogP contribution is 2.28. The molecule has 1 aromatic rings. The molecule has 4 heteroatoms. The Hall–Kier alpha value is -2.02. The number of hydrogen-bond acceptors (Lipinski definition) is 4. The topological polar surface area (TPSA) is 56.1 Å². The zero-order valence-electron chi connectivity index (χ0n) is 10.1. The van der Waals surface area contributed by atoms with Crippen molar-refractivity contribution in [3.63, 3.8) is 0 Å². The van der Waals surface area contributed by atoms with Crippen LogP contribution in [0.5, 0.6) is 0 Å². The summed E-state index contributed by atoms with van der Waals surface area (Å²) in [5.74, 6) is 0.158. The third kappa shape index (κ3) is 1.72. The summed E-state index contributed by atoms with van der Waals surface area (Å²) in [4.78, 5) is 14.0. The van der Waals surface area contributed by atoms with E-state index in [4.69, 9.17) is 5.26 Å². The van der Waals surface area contributed by atoms with E-state index < -0.39 is 0 Å². The lowest BCUT2D eigenvalue weighted by molar-refractivity contribution is -0.123. The van der Waals surface area contributed by atoms with E-state index in [1.54, 1.807) is 4.90 Å². The maximum atomic E-state index is 12.4. The lowest BCUT2D eigenvalue weighted by Gasteiger charge is -2.20. The van der Waals surface area contributed by atoms with Gasteiger partial charge >= 0.3 is 0 Å². The predicted molar refractivity (Wildman–Crippen MR) is 67.9 cm³/mol. The van der Waals surface area contributed by atoms with Crippen molar-refractivity contribution in [2.24, 2.45) is 0 Å². The number of para-hydroxylation sites is 1. The van der Waals surface area contributed by atoms with Gasteiger partial charge in [0.1, 0.15) is 0 Å². The fourth-order valence-electron chi connectivity index (χ4n) is 2.88. The molecule has 2 heterocycles. The molecule has 18 heavy (non-hydrogen) atoms. The smallest absolute Gasteiger partial charge is 0.180 e. The normalized spacial score (nSPS) is 25.4. The van der Waals surface area contributed by atoms with Crippen LogP contribution in [0.3, 0.4) is 0 Å². The molecule has 4 nitrogen and oxygen atoms in total. The summed E-state index contributed by atoms with van der Waals surface area (Å²) in [5.41, 5.74) is 2.25. The predicted octanol–water partition coefficient (Wildman–Crippen LogP) is 1.54. The van der Waals surface area contributed by atoms with Crippen LogP contribution in [0.25, 0.3) is 0 Å². The van der Waals surface area contributed by atoms with E-state index in [-0.39, 0.29) is 17.9 Å².